The Hall–Kier alpha value is -1.99. The Morgan fingerprint density at radius 1 is 1.29 bits per heavy atom. The average Bonchev–Trinajstić information content (AvgIpc) is 2.90. The van der Waals surface area contributed by atoms with E-state index in [1.165, 1.54) is 17.4 Å². The number of rotatable bonds is 3. The van der Waals surface area contributed by atoms with Crippen molar-refractivity contribution in [1.29, 1.82) is 0 Å². The second-order valence-electron chi connectivity index (χ2n) is 5.68. The Morgan fingerprint density at radius 2 is 2.08 bits per heavy atom. The highest BCUT2D eigenvalue weighted by Crippen LogP contribution is 2.34. The predicted molar refractivity (Wildman–Crippen MR) is 98.1 cm³/mol. The monoisotopic (exact) mass is 405 g/mol. The minimum absolute atomic E-state index is 0.00311. The van der Waals surface area contributed by atoms with Crippen molar-refractivity contribution in [3.05, 3.63) is 52.8 Å². The molecule has 1 saturated heterocycles. The van der Waals surface area contributed by atoms with E-state index < -0.39 is 0 Å². The van der Waals surface area contributed by atoms with Crippen LogP contribution in [0, 0.1) is 11.7 Å². The molecule has 0 spiro atoms. The summed E-state index contributed by atoms with van der Waals surface area (Å²) in [5.41, 5.74) is 1.18. The van der Waals surface area contributed by atoms with Crippen LogP contribution in [0.1, 0.15) is 0 Å². The van der Waals surface area contributed by atoms with E-state index in [4.69, 9.17) is 0 Å². The van der Waals surface area contributed by atoms with Crippen LogP contribution < -0.4 is 10.2 Å². The molecule has 3 aromatic rings. The molecule has 0 saturated carbocycles. The number of thiazole rings is 1. The average molecular weight is 406 g/mol. The van der Waals surface area contributed by atoms with Gasteiger partial charge in [0.1, 0.15) is 11.3 Å². The second kappa shape index (κ2) is 6.14. The highest BCUT2D eigenvalue weighted by atomic mass is 79.9. The molecule has 1 fully saturated rings. The largest absolute Gasteiger partial charge is 0.346 e. The number of para-hydroxylation sites is 1. The molecule has 7 heteroatoms. The fourth-order valence-electron chi connectivity index (χ4n) is 2.65. The number of hydrogen-bond acceptors (Lipinski definition) is 4. The number of nitrogens with one attached hydrogen (secondary N) is 1. The van der Waals surface area contributed by atoms with Crippen molar-refractivity contribution >= 4 is 54.2 Å². The van der Waals surface area contributed by atoms with Gasteiger partial charge in [-0.25, -0.2) is 9.37 Å². The molecule has 0 unspecified atom stereocenters. The lowest BCUT2D eigenvalue weighted by atomic mass is 10.00. The molecular weight excluding hydrogens is 393 g/mol. The van der Waals surface area contributed by atoms with Gasteiger partial charge in [-0.05, 0) is 30.3 Å². The van der Waals surface area contributed by atoms with Gasteiger partial charge in [-0.2, -0.15) is 0 Å². The molecule has 4 nitrogen and oxygen atoms in total. The molecule has 0 aliphatic carbocycles. The quantitative estimate of drug-likeness (QED) is 0.707. The van der Waals surface area contributed by atoms with Crippen molar-refractivity contribution in [2.24, 2.45) is 5.92 Å². The molecule has 122 valence electrons. The van der Waals surface area contributed by atoms with Gasteiger partial charge in [0.15, 0.2) is 5.13 Å². The first kappa shape index (κ1) is 15.5. The summed E-state index contributed by atoms with van der Waals surface area (Å²) in [7, 11) is 0. The summed E-state index contributed by atoms with van der Waals surface area (Å²) in [4.78, 5) is 18.6. The van der Waals surface area contributed by atoms with Crippen LogP contribution in [0.4, 0.5) is 15.2 Å². The van der Waals surface area contributed by atoms with Crippen molar-refractivity contribution in [1.82, 2.24) is 4.98 Å². The number of benzene rings is 2. The van der Waals surface area contributed by atoms with E-state index in [0.29, 0.717) is 18.6 Å². The van der Waals surface area contributed by atoms with Crippen LogP contribution in [-0.4, -0.2) is 24.0 Å². The number of amides is 1. The first-order valence-electron chi connectivity index (χ1n) is 7.46. The zero-order chi connectivity index (χ0) is 16.7. The third-order valence-corrected chi connectivity index (χ3v) is 5.55. The minimum atomic E-state index is -0.306. The number of carbonyl (C=O) groups is 1. The molecule has 4 rings (SSSR count). The molecule has 1 amide bonds. The molecule has 1 aliphatic heterocycles. The standard InChI is InChI=1S/C17H13BrFN3OS/c18-11-3-1-4-12(7-11)20-16(23)10-8-22(9-10)17-21-15-13(19)5-2-6-14(15)24-17/h1-7,10H,8-9H2,(H,20,23). The molecule has 2 aromatic carbocycles. The van der Waals surface area contributed by atoms with Gasteiger partial charge in [0.25, 0.3) is 0 Å². The normalized spacial score (nSPS) is 14.7. The highest BCUT2D eigenvalue weighted by Gasteiger charge is 2.34. The van der Waals surface area contributed by atoms with Crippen LogP contribution in [0.15, 0.2) is 46.9 Å². The van der Waals surface area contributed by atoms with E-state index in [9.17, 15) is 9.18 Å². The fraction of sp³-hybridized carbons (Fsp3) is 0.176. The highest BCUT2D eigenvalue weighted by molar-refractivity contribution is 9.10. The summed E-state index contributed by atoms with van der Waals surface area (Å²) >= 11 is 4.84. The first-order valence-corrected chi connectivity index (χ1v) is 9.07. The number of fused-ring (bicyclic) bond motifs is 1. The van der Waals surface area contributed by atoms with Gasteiger partial charge >= 0.3 is 0 Å². The van der Waals surface area contributed by atoms with Gasteiger partial charge in [-0.3, -0.25) is 4.79 Å². The molecule has 0 atom stereocenters. The van der Waals surface area contributed by atoms with Crippen LogP contribution in [0.25, 0.3) is 10.2 Å². The van der Waals surface area contributed by atoms with E-state index in [2.05, 4.69) is 26.2 Å². The SMILES string of the molecule is O=C(Nc1cccc(Br)c1)C1CN(c2nc3c(F)cccc3s2)C1. The maximum absolute atomic E-state index is 13.7. The number of nitrogens with zero attached hydrogens (tertiary/aromatic N) is 2. The molecule has 0 bridgehead atoms. The maximum atomic E-state index is 13.7. The second-order valence-corrected chi connectivity index (χ2v) is 7.61. The van der Waals surface area contributed by atoms with Crippen LogP contribution in [0.5, 0.6) is 0 Å². The van der Waals surface area contributed by atoms with Crippen LogP contribution in [0.2, 0.25) is 0 Å². The molecule has 1 aromatic heterocycles. The number of halogens is 2. The molecular formula is C17H13BrFN3OS. The Morgan fingerprint density at radius 3 is 2.83 bits per heavy atom. The maximum Gasteiger partial charge on any atom is 0.231 e. The number of aromatic nitrogens is 1. The van der Waals surface area contributed by atoms with E-state index >= 15 is 0 Å². The summed E-state index contributed by atoms with van der Waals surface area (Å²) in [6, 6.07) is 12.5. The summed E-state index contributed by atoms with van der Waals surface area (Å²) in [5.74, 6) is -0.392. The lowest BCUT2D eigenvalue weighted by molar-refractivity contribution is -0.120. The number of hydrogen-bond donors (Lipinski definition) is 1. The first-order chi connectivity index (χ1) is 11.6. The zero-order valence-electron chi connectivity index (χ0n) is 12.5. The van der Waals surface area contributed by atoms with Gasteiger partial charge in [-0.1, -0.05) is 39.4 Å². The Bertz CT molecular complexity index is 923. The number of carbonyl (C=O) groups excluding carboxylic acids is 1. The van der Waals surface area contributed by atoms with E-state index in [-0.39, 0.29) is 17.6 Å². The van der Waals surface area contributed by atoms with Gasteiger partial charge < -0.3 is 10.2 Å². The van der Waals surface area contributed by atoms with Crippen LogP contribution >= 0.6 is 27.3 Å². The van der Waals surface area contributed by atoms with E-state index in [0.717, 1.165) is 20.0 Å². The van der Waals surface area contributed by atoms with Gasteiger partial charge in [0.05, 0.1) is 10.6 Å². The fourth-order valence-corrected chi connectivity index (χ4v) is 4.05. The van der Waals surface area contributed by atoms with Gasteiger partial charge in [0.2, 0.25) is 5.91 Å². The van der Waals surface area contributed by atoms with Crippen molar-refractivity contribution in [2.45, 2.75) is 0 Å². The third kappa shape index (κ3) is 2.89. The van der Waals surface area contributed by atoms with Crippen LogP contribution in [0.3, 0.4) is 0 Å². The predicted octanol–water partition coefficient (Wildman–Crippen LogP) is 4.27. The molecule has 0 radical (unpaired) electrons. The van der Waals surface area contributed by atoms with E-state index in [1.807, 2.05) is 35.2 Å². The zero-order valence-corrected chi connectivity index (χ0v) is 14.9. The molecule has 24 heavy (non-hydrogen) atoms. The van der Waals surface area contributed by atoms with Crippen molar-refractivity contribution < 1.29 is 9.18 Å². The van der Waals surface area contributed by atoms with Crippen molar-refractivity contribution in [3.63, 3.8) is 0 Å². The smallest absolute Gasteiger partial charge is 0.231 e. The Balaban J connectivity index is 1.42. The topological polar surface area (TPSA) is 45.2 Å². The van der Waals surface area contributed by atoms with Crippen LogP contribution in [-0.2, 0) is 4.79 Å². The summed E-state index contributed by atoms with van der Waals surface area (Å²) < 4.78 is 15.5. The van der Waals surface area contributed by atoms with Crippen molar-refractivity contribution in [3.8, 4) is 0 Å². The van der Waals surface area contributed by atoms with Gasteiger partial charge in [0, 0.05) is 23.2 Å². The molecule has 2 heterocycles. The lowest BCUT2D eigenvalue weighted by Gasteiger charge is -2.37. The Labute approximate surface area is 150 Å². The molecule has 1 N–H and O–H groups in total. The summed E-state index contributed by atoms with van der Waals surface area (Å²) in [5, 5.41) is 3.69. The number of anilines is 2. The van der Waals surface area contributed by atoms with E-state index in [1.54, 1.807) is 6.07 Å². The minimum Gasteiger partial charge on any atom is -0.346 e. The lowest BCUT2D eigenvalue weighted by Crippen LogP contribution is -2.52. The third-order valence-electron chi connectivity index (χ3n) is 3.97. The molecule has 1 aliphatic rings. The van der Waals surface area contributed by atoms with Gasteiger partial charge in [-0.15, -0.1) is 0 Å². The summed E-state index contributed by atoms with van der Waals surface area (Å²) in [6.07, 6.45) is 0. The summed E-state index contributed by atoms with van der Waals surface area (Å²) in [6.45, 7) is 1.20. The van der Waals surface area contributed by atoms with Crippen molar-refractivity contribution in [2.75, 3.05) is 23.3 Å². The Kier molecular flexibility index (Phi) is 3.97.